The maximum Gasteiger partial charge on any atom is 0.442 e. The lowest BCUT2D eigenvalue weighted by molar-refractivity contribution is -0.356. The summed E-state index contributed by atoms with van der Waals surface area (Å²) in [5, 5.41) is 17.9. The van der Waals surface area contributed by atoms with Gasteiger partial charge in [-0.15, -0.1) is 0 Å². The molecule has 0 aliphatic carbocycles. The van der Waals surface area contributed by atoms with E-state index in [1.165, 1.54) is 0 Å². The minimum absolute atomic E-state index is 0.378. The van der Waals surface area contributed by atoms with Crippen molar-refractivity contribution in [1.29, 1.82) is 0 Å². The Morgan fingerprint density at radius 2 is 1.47 bits per heavy atom. The van der Waals surface area contributed by atoms with Gasteiger partial charge in [0.05, 0.1) is 0 Å². The second-order valence-electron chi connectivity index (χ2n) is 4.99. The molecule has 2 N–H and O–H groups in total. The molecule has 15 heavy (non-hydrogen) atoms. The van der Waals surface area contributed by atoms with E-state index < -0.39 is 24.3 Å². The molecule has 0 rings (SSSR count). The Balaban J connectivity index is 4.70. The number of alkyl halides is 3. The van der Waals surface area contributed by atoms with E-state index in [4.69, 9.17) is 10.2 Å². The average Bonchev–Trinajstić information content (AvgIpc) is 1.95. The zero-order valence-corrected chi connectivity index (χ0v) is 9.52. The van der Waals surface area contributed by atoms with E-state index >= 15 is 0 Å². The lowest BCUT2D eigenvalue weighted by Gasteiger charge is -2.35. The van der Waals surface area contributed by atoms with E-state index in [-0.39, 0.29) is 5.41 Å². The summed E-state index contributed by atoms with van der Waals surface area (Å²) in [7, 11) is 0. The molecule has 0 saturated heterocycles. The zero-order valence-electron chi connectivity index (χ0n) is 9.52. The molecule has 0 aliphatic rings. The smallest absolute Gasteiger partial charge is 0.359 e. The van der Waals surface area contributed by atoms with Gasteiger partial charge < -0.3 is 10.2 Å². The first-order chi connectivity index (χ1) is 6.42. The molecular formula is C10H19F3O2. The standard InChI is InChI=1S/C10H19F3O2/c1-5-7(8(2,3)4)6-9(14,15)10(11,12)13/h7,14-15H,5-6H2,1-4H3. The average molecular weight is 228 g/mol. The molecule has 0 heterocycles. The highest BCUT2D eigenvalue weighted by molar-refractivity contribution is 4.83. The van der Waals surface area contributed by atoms with Crippen LogP contribution in [0.2, 0.25) is 0 Å². The van der Waals surface area contributed by atoms with Crippen molar-refractivity contribution in [2.45, 2.75) is 52.5 Å². The molecule has 0 aromatic rings. The summed E-state index contributed by atoms with van der Waals surface area (Å²) >= 11 is 0. The van der Waals surface area contributed by atoms with E-state index in [0.29, 0.717) is 6.42 Å². The highest BCUT2D eigenvalue weighted by Gasteiger charge is 2.54. The van der Waals surface area contributed by atoms with Crippen molar-refractivity contribution < 1.29 is 23.4 Å². The topological polar surface area (TPSA) is 40.5 Å². The van der Waals surface area contributed by atoms with Crippen LogP contribution in [0.4, 0.5) is 13.2 Å². The first kappa shape index (κ1) is 14.7. The zero-order chi connectivity index (χ0) is 12.5. The van der Waals surface area contributed by atoms with Gasteiger partial charge in [0.25, 0.3) is 5.79 Å². The van der Waals surface area contributed by atoms with Crippen molar-refractivity contribution in [3.63, 3.8) is 0 Å². The molecule has 0 aliphatic heterocycles. The molecule has 1 atom stereocenters. The lowest BCUT2D eigenvalue weighted by Crippen LogP contribution is -2.47. The number of aliphatic hydroxyl groups is 2. The molecule has 5 heteroatoms. The molecule has 0 bridgehead atoms. The Bertz CT molecular complexity index is 204. The van der Waals surface area contributed by atoms with Gasteiger partial charge in [-0.3, -0.25) is 0 Å². The van der Waals surface area contributed by atoms with Crippen molar-refractivity contribution in [3.05, 3.63) is 0 Å². The Morgan fingerprint density at radius 3 is 1.67 bits per heavy atom. The number of halogens is 3. The molecular weight excluding hydrogens is 209 g/mol. The maximum absolute atomic E-state index is 12.2. The van der Waals surface area contributed by atoms with Crippen molar-refractivity contribution in [2.75, 3.05) is 0 Å². The van der Waals surface area contributed by atoms with Crippen molar-refractivity contribution in [1.82, 2.24) is 0 Å². The predicted molar refractivity (Wildman–Crippen MR) is 51.1 cm³/mol. The monoisotopic (exact) mass is 228 g/mol. The molecule has 92 valence electrons. The van der Waals surface area contributed by atoms with Gasteiger partial charge in [-0.1, -0.05) is 34.1 Å². The van der Waals surface area contributed by atoms with Crippen molar-refractivity contribution in [3.8, 4) is 0 Å². The minimum atomic E-state index is -4.99. The van der Waals surface area contributed by atoms with Crippen LogP contribution in [0.5, 0.6) is 0 Å². The molecule has 0 spiro atoms. The van der Waals surface area contributed by atoms with Crippen LogP contribution in [0.15, 0.2) is 0 Å². The van der Waals surface area contributed by atoms with Gasteiger partial charge in [0.15, 0.2) is 0 Å². The van der Waals surface area contributed by atoms with E-state index in [1.807, 2.05) is 0 Å². The van der Waals surface area contributed by atoms with Crippen molar-refractivity contribution in [2.24, 2.45) is 11.3 Å². The van der Waals surface area contributed by atoms with Gasteiger partial charge in [0.1, 0.15) is 0 Å². The second-order valence-corrected chi connectivity index (χ2v) is 4.99. The highest BCUT2D eigenvalue weighted by Crippen LogP contribution is 2.40. The van der Waals surface area contributed by atoms with E-state index in [2.05, 4.69) is 0 Å². The maximum atomic E-state index is 12.2. The largest absolute Gasteiger partial charge is 0.442 e. The van der Waals surface area contributed by atoms with Crippen LogP contribution in [0, 0.1) is 11.3 Å². The quantitative estimate of drug-likeness (QED) is 0.729. The van der Waals surface area contributed by atoms with Crippen LogP contribution >= 0.6 is 0 Å². The molecule has 0 radical (unpaired) electrons. The fraction of sp³-hybridized carbons (Fsp3) is 1.00. The third-order valence-corrected chi connectivity index (χ3v) is 2.70. The summed E-state index contributed by atoms with van der Waals surface area (Å²) in [4.78, 5) is 0. The van der Waals surface area contributed by atoms with Crippen LogP contribution in [0.3, 0.4) is 0 Å². The van der Waals surface area contributed by atoms with Crippen molar-refractivity contribution >= 4 is 0 Å². The summed E-state index contributed by atoms with van der Waals surface area (Å²) < 4.78 is 36.7. The second kappa shape index (κ2) is 4.29. The normalized spacial score (nSPS) is 16.6. The molecule has 0 fully saturated rings. The van der Waals surface area contributed by atoms with Crippen LogP contribution < -0.4 is 0 Å². The van der Waals surface area contributed by atoms with Crippen LogP contribution in [0.25, 0.3) is 0 Å². The fourth-order valence-electron chi connectivity index (χ4n) is 1.52. The summed E-state index contributed by atoms with van der Waals surface area (Å²) in [6.45, 7) is 7.09. The third-order valence-electron chi connectivity index (χ3n) is 2.70. The number of rotatable bonds is 3. The SMILES string of the molecule is CCC(CC(O)(O)C(F)(F)F)C(C)(C)C. The Labute approximate surface area is 88.1 Å². The molecule has 0 saturated carbocycles. The molecule has 0 aromatic carbocycles. The van der Waals surface area contributed by atoms with Gasteiger partial charge in [0, 0.05) is 6.42 Å². The molecule has 2 nitrogen and oxygen atoms in total. The molecule has 1 unspecified atom stereocenters. The van der Waals surface area contributed by atoms with Gasteiger partial charge in [-0.2, -0.15) is 13.2 Å². The van der Waals surface area contributed by atoms with Gasteiger partial charge in [-0.25, -0.2) is 0 Å². The number of hydrogen-bond acceptors (Lipinski definition) is 2. The summed E-state index contributed by atoms with van der Waals surface area (Å²) in [5.41, 5.74) is -0.378. The number of hydrogen-bond donors (Lipinski definition) is 2. The van der Waals surface area contributed by atoms with Gasteiger partial charge >= 0.3 is 6.18 Å². The first-order valence-corrected chi connectivity index (χ1v) is 4.93. The lowest BCUT2D eigenvalue weighted by atomic mass is 9.75. The van der Waals surface area contributed by atoms with E-state index in [9.17, 15) is 13.2 Å². The molecule has 0 amide bonds. The summed E-state index contributed by atoms with van der Waals surface area (Å²) in [5.74, 6) is -3.98. The van der Waals surface area contributed by atoms with E-state index in [1.54, 1.807) is 27.7 Å². The predicted octanol–water partition coefficient (Wildman–Crippen LogP) is 2.69. The minimum Gasteiger partial charge on any atom is -0.359 e. The van der Waals surface area contributed by atoms with E-state index in [0.717, 1.165) is 0 Å². The van der Waals surface area contributed by atoms with Gasteiger partial charge in [-0.05, 0) is 11.3 Å². The van der Waals surface area contributed by atoms with Crippen LogP contribution in [-0.4, -0.2) is 22.2 Å². The Morgan fingerprint density at radius 1 is 1.07 bits per heavy atom. The Hall–Kier alpha value is -0.290. The highest BCUT2D eigenvalue weighted by atomic mass is 19.4. The fourth-order valence-corrected chi connectivity index (χ4v) is 1.52. The summed E-state index contributed by atoms with van der Waals surface area (Å²) in [6, 6.07) is 0. The third kappa shape index (κ3) is 3.99. The first-order valence-electron chi connectivity index (χ1n) is 4.93. The molecule has 0 aromatic heterocycles. The Kier molecular flexibility index (Phi) is 4.21. The van der Waals surface area contributed by atoms with Crippen LogP contribution in [-0.2, 0) is 0 Å². The van der Waals surface area contributed by atoms with Crippen LogP contribution in [0.1, 0.15) is 40.5 Å². The van der Waals surface area contributed by atoms with Gasteiger partial charge in [0.2, 0.25) is 0 Å². The summed E-state index contributed by atoms with van der Waals surface area (Å²) in [6.07, 6.45) is -5.20.